The van der Waals surface area contributed by atoms with E-state index in [-0.39, 0.29) is 15.6 Å². The molecular formula is C13H19BrClN3O2S. The fourth-order valence-electron chi connectivity index (χ4n) is 2.71. The van der Waals surface area contributed by atoms with Gasteiger partial charge in [-0.15, -0.1) is 0 Å². The third-order valence-corrected chi connectivity index (χ3v) is 6.40. The van der Waals surface area contributed by atoms with Crippen molar-refractivity contribution in [1.29, 1.82) is 0 Å². The Labute approximate surface area is 139 Å². The smallest absolute Gasteiger partial charge is 0.243 e. The minimum Gasteiger partial charge on any atom is -0.302 e. The van der Waals surface area contributed by atoms with Crippen molar-refractivity contribution in [3.63, 3.8) is 0 Å². The van der Waals surface area contributed by atoms with Gasteiger partial charge in [-0.2, -0.15) is 0 Å². The number of likely N-dealkylation sites (N-methyl/N-ethyl adjacent to an activating group) is 1. The van der Waals surface area contributed by atoms with E-state index in [1.54, 1.807) is 0 Å². The van der Waals surface area contributed by atoms with Gasteiger partial charge in [0.25, 0.3) is 0 Å². The summed E-state index contributed by atoms with van der Waals surface area (Å²) in [5.74, 6) is 0. The van der Waals surface area contributed by atoms with E-state index in [9.17, 15) is 8.42 Å². The summed E-state index contributed by atoms with van der Waals surface area (Å²) in [6, 6.07) is 1.47. The van der Waals surface area contributed by atoms with Gasteiger partial charge in [0.2, 0.25) is 10.0 Å². The van der Waals surface area contributed by atoms with Crippen LogP contribution in [-0.4, -0.2) is 44.5 Å². The van der Waals surface area contributed by atoms with Crippen LogP contribution >= 0.6 is 27.5 Å². The van der Waals surface area contributed by atoms with E-state index in [0.717, 1.165) is 25.7 Å². The van der Waals surface area contributed by atoms with Crippen molar-refractivity contribution in [2.75, 3.05) is 20.6 Å². The maximum Gasteiger partial charge on any atom is 0.243 e. The molecule has 1 fully saturated rings. The summed E-state index contributed by atoms with van der Waals surface area (Å²) < 4.78 is 28.2. The topological polar surface area (TPSA) is 62.3 Å². The van der Waals surface area contributed by atoms with E-state index in [1.165, 1.54) is 12.3 Å². The maximum absolute atomic E-state index is 12.5. The van der Waals surface area contributed by atoms with E-state index in [1.807, 2.05) is 14.1 Å². The summed E-state index contributed by atoms with van der Waals surface area (Å²) >= 11 is 9.13. The molecule has 2 rings (SSSR count). The number of sulfonamides is 1. The minimum atomic E-state index is -3.67. The van der Waals surface area contributed by atoms with Crippen molar-refractivity contribution in [3.05, 3.63) is 21.9 Å². The molecule has 0 saturated heterocycles. The summed E-state index contributed by atoms with van der Waals surface area (Å²) in [5.41, 5.74) is -0.112. The highest BCUT2D eigenvalue weighted by Crippen LogP contribution is 2.33. The van der Waals surface area contributed by atoms with Crippen molar-refractivity contribution < 1.29 is 8.42 Å². The highest BCUT2D eigenvalue weighted by atomic mass is 79.9. The third-order valence-electron chi connectivity index (χ3n) is 4.14. The molecule has 0 radical (unpaired) electrons. The van der Waals surface area contributed by atoms with Crippen molar-refractivity contribution >= 4 is 37.6 Å². The molecule has 1 aromatic heterocycles. The second-order valence-electron chi connectivity index (χ2n) is 5.59. The summed E-state index contributed by atoms with van der Waals surface area (Å²) in [6.07, 6.45) is 5.71. The summed E-state index contributed by atoms with van der Waals surface area (Å²) in [7, 11) is 0.313. The van der Waals surface area contributed by atoms with Gasteiger partial charge in [-0.05, 0) is 48.9 Å². The predicted octanol–water partition coefficient (Wildman–Crippen LogP) is 2.65. The largest absolute Gasteiger partial charge is 0.302 e. The lowest BCUT2D eigenvalue weighted by molar-refractivity contribution is 0.162. The van der Waals surface area contributed by atoms with Gasteiger partial charge in [-0.3, -0.25) is 0 Å². The molecule has 0 unspecified atom stereocenters. The Balaban J connectivity index is 2.20. The number of hydrogen-bond acceptors (Lipinski definition) is 4. The number of rotatable bonds is 5. The minimum absolute atomic E-state index is 0.00504. The lowest BCUT2D eigenvalue weighted by Gasteiger charge is -2.36. The Morgan fingerprint density at radius 2 is 2.05 bits per heavy atom. The first kappa shape index (κ1) is 17.1. The van der Waals surface area contributed by atoms with Gasteiger partial charge >= 0.3 is 0 Å². The zero-order valence-corrected chi connectivity index (χ0v) is 15.2. The molecule has 5 nitrogen and oxygen atoms in total. The summed E-state index contributed by atoms with van der Waals surface area (Å²) in [6.45, 7) is 0.380. The Hall–Kier alpha value is -0.210. The van der Waals surface area contributed by atoms with Crippen LogP contribution in [0.2, 0.25) is 5.15 Å². The average molecular weight is 397 g/mol. The number of hydrogen-bond donors (Lipinski definition) is 1. The molecule has 0 amide bonds. The van der Waals surface area contributed by atoms with Crippen molar-refractivity contribution in [1.82, 2.24) is 14.6 Å². The number of nitrogens with zero attached hydrogens (tertiary/aromatic N) is 2. The molecule has 1 aliphatic carbocycles. The molecule has 1 heterocycles. The predicted molar refractivity (Wildman–Crippen MR) is 87.0 cm³/mol. The number of pyridine rings is 1. The average Bonchev–Trinajstić information content (AvgIpc) is 2.89. The lowest BCUT2D eigenvalue weighted by Crippen LogP contribution is -2.50. The molecule has 1 aliphatic rings. The Bertz CT molecular complexity index is 616. The van der Waals surface area contributed by atoms with Crippen molar-refractivity contribution in [2.24, 2.45) is 0 Å². The SMILES string of the molecule is CN(C)C1(CNS(=O)(=O)c2cc(Br)cnc2Cl)CCCC1. The van der Waals surface area contributed by atoms with Crippen LogP contribution in [0.3, 0.4) is 0 Å². The molecule has 1 N–H and O–H groups in total. The second-order valence-corrected chi connectivity index (χ2v) is 8.60. The Kier molecular flexibility index (Phi) is 5.31. The van der Waals surface area contributed by atoms with E-state index in [4.69, 9.17) is 11.6 Å². The van der Waals surface area contributed by atoms with Crippen molar-refractivity contribution in [2.45, 2.75) is 36.1 Å². The lowest BCUT2D eigenvalue weighted by atomic mass is 9.97. The van der Waals surface area contributed by atoms with Crippen LogP contribution in [-0.2, 0) is 10.0 Å². The zero-order chi connectivity index (χ0) is 15.7. The molecule has 0 spiro atoms. The Morgan fingerprint density at radius 1 is 1.43 bits per heavy atom. The fourth-order valence-corrected chi connectivity index (χ4v) is 4.78. The molecule has 1 saturated carbocycles. The molecule has 21 heavy (non-hydrogen) atoms. The van der Waals surface area contributed by atoms with Crippen LogP contribution in [0.1, 0.15) is 25.7 Å². The van der Waals surface area contributed by atoms with Gasteiger partial charge in [0.05, 0.1) is 0 Å². The van der Waals surface area contributed by atoms with Gasteiger partial charge in [-0.25, -0.2) is 18.1 Å². The van der Waals surface area contributed by atoms with Gasteiger partial charge in [0, 0.05) is 22.8 Å². The van der Waals surface area contributed by atoms with E-state index >= 15 is 0 Å². The quantitative estimate of drug-likeness (QED) is 0.777. The van der Waals surface area contributed by atoms with Gasteiger partial charge < -0.3 is 4.90 Å². The first-order valence-electron chi connectivity index (χ1n) is 6.75. The first-order chi connectivity index (χ1) is 9.77. The highest BCUT2D eigenvalue weighted by molar-refractivity contribution is 9.10. The van der Waals surface area contributed by atoms with Crippen LogP contribution in [0, 0.1) is 0 Å². The first-order valence-corrected chi connectivity index (χ1v) is 9.40. The normalized spacial score (nSPS) is 18.3. The number of halogens is 2. The van der Waals surface area contributed by atoms with E-state index in [2.05, 4.69) is 30.5 Å². The van der Waals surface area contributed by atoms with Crippen LogP contribution in [0.15, 0.2) is 21.6 Å². The monoisotopic (exact) mass is 395 g/mol. The van der Waals surface area contributed by atoms with Gasteiger partial charge in [0.15, 0.2) is 0 Å². The molecule has 118 valence electrons. The Morgan fingerprint density at radius 3 is 2.62 bits per heavy atom. The molecule has 1 aromatic rings. The van der Waals surface area contributed by atoms with Crippen molar-refractivity contribution in [3.8, 4) is 0 Å². The van der Waals surface area contributed by atoms with Crippen LogP contribution in [0.25, 0.3) is 0 Å². The standard InChI is InChI=1S/C13H19BrClN3O2S/c1-18(2)13(5-3-4-6-13)9-17-21(19,20)11-7-10(14)8-16-12(11)15/h7-8,17H,3-6,9H2,1-2H3. The molecule has 0 bridgehead atoms. The molecule has 0 aliphatic heterocycles. The van der Waals surface area contributed by atoms with Gasteiger partial charge in [0.1, 0.15) is 10.0 Å². The number of nitrogens with one attached hydrogen (secondary N) is 1. The zero-order valence-electron chi connectivity index (χ0n) is 12.1. The molecular weight excluding hydrogens is 378 g/mol. The second kappa shape index (κ2) is 6.50. The van der Waals surface area contributed by atoms with Crippen LogP contribution in [0.5, 0.6) is 0 Å². The van der Waals surface area contributed by atoms with Crippen LogP contribution in [0.4, 0.5) is 0 Å². The van der Waals surface area contributed by atoms with E-state index < -0.39 is 10.0 Å². The molecule has 0 aromatic carbocycles. The van der Waals surface area contributed by atoms with Crippen LogP contribution < -0.4 is 4.72 Å². The summed E-state index contributed by atoms with van der Waals surface area (Å²) in [5, 5.41) is -0.0176. The fraction of sp³-hybridized carbons (Fsp3) is 0.615. The maximum atomic E-state index is 12.5. The summed E-state index contributed by atoms with van der Waals surface area (Å²) in [4.78, 5) is 5.99. The molecule has 8 heteroatoms. The van der Waals surface area contributed by atoms with Gasteiger partial charge in [-0.1, -0.05) is 24.4 Å². The third kappa shape index (κ3) is 3.76. The van der Waals surface area contributed by atoms with E-state index in [0.29, 0.717) is 11.0 Å². The number of aromatic nitrogens is 1. The molecule has 0 atom stereocenters. The highest BCUT2D eigenvalue weighted by Gasteiger charge is 2.37.